The van der Waals surface area contributed by atoms with Gasteiger partial charge in [0, 0.05) is 29.5 Å². The van der Waals surface area contributed by atoms with Crippen molar-refractivity contribution in [2.75, 3.05) is 5.32 Å². The molecule has 0 saturated heterocycles. The molecule has 1 amide bonds. The number of amides is 1. The van der Waals surface area contributed by atoms with E-state index in [0.29, 0.717) is 6.42 Å². The van der Waals surface area contributed by atoms with Crippen LogP contribution in [0, 0.1) is 0 Å². The molecule has 2 aromatic rings. The van der Waals surface area contributed by atoms with E-state index >= 15 is 0 Å². The van der Waals surface area contributed by atoms with Gasteiger partial charge in [-0.15, -0.1) is 0 Å². The lowest BCUT2D eigenvalue weighted by atomic mass is 9.87. The van der Waals surface area contributed by atoms with Gasteiger partial charge in [-0.05, 0) is 33.8 Å². The Morgan fingerprint density at radius 3 is 2.65 bits per heavy atom. The SMILES string of the molecule is CC(C)Oc1ccccc1[C@@H]1CC(=O)Nc2c1cnn2C(C)C. The highest BCUT2D eigenvalue weighted by Crippen LogP contribution is 2.41. The van der Waals surface area contributed by atoms with E-state index in [-0.39, 0.29) is 24.0 Å². The van der Waals surface area contributed by atoms with E-state index in [1.54, 1.807) is 0 Å². The second-order valence-corrected chi connectivity index (χ2v) is 6.50. The molecule has 1 aromatic heterocycles. The molecule has 5 nitrogen and oxygen atoms in total. The fraction of sp³-hybridized carbons (Fsp3) is 0.444. The summed E-state index contributed by atoms with van der Waals surface area (Å²) < 4.78 is 7.81. The van der Waals surface area contributed by atoms with E-state index in [9.17, 15) is 4.79 Å². The first kappa shape index (κ1) is 15.6. The first-order valence-corrected chi connectivity index (χ1v) is 8.10. The number of nitrogens with one attached hydrogen (secondary N) is 1. The Bertz CT molecular complexity index is 719. The molecular formula is C18H23N3O2. The van der Waals surface area contributed by atoms with Crippen molar-refractivity contribution in [3.63, 3.8) is 0 Å². The fourth-order valence-electron chi connectivity index (χ4n) is 3.04. The van der Waals surface area contributed by atoms with Crippen LogP contribution in [0.25, 0.3) is 0 Å². The lowest BCUT2D eigenvalue weighted by Crippen LogP contribution is -2.25. The van der Waals surface area contributed by atoms with Gasteiger partial charge in [0.2, 0.25) is 5.91 Å². The van der Waals surface area contributed by atoms with E-state index in [2.05, 4.69) is 24.3 Å². The fourth-order valence-corrected chi connectivity index (χ4v) is 3.04. The number of fused-ring (bicyclic) bond motifs is 1. The van der Waals surface area contributed by atoms with Crippen LogP contribution in [0.2, 0.25) is 0 Å². The predicted octanol–water partition coefficient (Wildman–Crippen LogP) is 3.73. The Kier molecular flexibility index (Phi) is 4.11. The van der Waals surface area contributed by atoms with Gasteiger partial charge in [-0.1, -0.05) is 18.2 Å². The third kappa shape index (κ3) is 2.96. The van der Waals surface area contributed by atoms with Crippen LogP contribution in [-0.4, -0.2) is 21.8 Å². The highest BCUT2D eigenvalue weighted by Gasteiger charge is 2.32. The standard InChI is InChI=1S/C18H23N3O2/c1-11(2)21-18-15(10-19-21)14(9-17(22)20-18)13-7-5-6-8-16(13)23-12(3)4/h5-8,10-12,14H,9H2,1-4H3,(H,20,22)/t14-/m0/s1. The summed E-state index contributed by atoms with van der Waals surface area (Å²) >= 11 is 0. The highest BCUT2D eigenvalue weighted by molar-refractivity contribution is 5.94. The molecule has 1 atom stereocenters. The average Bonchev–Trinajstić information content (AvgIpc) is 2.90. The zero-order chi connectivity index (χ0) is 16.6. The minimum absolute atomic E-state index is 0.0178. The van der Waals surface area contributed by atoms with Gasteiger partial charge in [0.25, 0.3) is 0 Å². The molecule has 1 N–H and O–H groups in total. The summed E-state index contributed by atoms with van der Waals surface area (Å²) in [7, 11) is 0. The summed E-state index contributed by atoms with van der Waals surface area (Å²) in [4.78, 5) is 12.2. The van der Waals surface area contributed by atoms with Crippen LogP contribution in [0.1, 0.15) is 57.2 Å². The number of hydrogen-bond acceptors (Lipinski definition) is 3. The van der Waals surface area contributed by atoms with Gasteiger partial charge in [0.1, 0.15) is 11.6 Å². The third-order valence-corrected chi connectivity index (χ3v) is 3.99. The van der Waals surface area contributed by atoms with Crippen molar-refractivity contribution in [1.82, 2.24) is 9.78 Å². The number of para-hydroxylation sites is 1. The smallest absolute Gasteiger partial charge is 0.226 e. The molecule has 122 valence electrons. The first-order chi connectivity index (χ1) is 11.0. The minimum Gasteiger partial charge on any atom is -0.491 e. The number of carbonyl (C=O) groups excluding carboxylic acids is 1. The number of anilines is 1. The summed E-state index contributed by atoms with van der Waals surface area (Å²) in [6, 6.07) is 8.15. The first-order valence-electron chi connectivity index (χ1n) is 8.10. The zero-order valence-corrected chi connectivity index (χ0v) is 14.0. The van der Waals surface area contributed by atoms with Crippen molar-refractivity contribution < 1.29 is 9.53 Å². The number of nitrogens with zero attached hydrogens (tertiary/aromatic N) is 2. The van der Waals surface area contributed by atoms with E-state index < -0.39 is 0 Å². The lowest BCUT2D eigenvalue weighted by molar-refractivity contribution is -0.116. The van der Waals surface area contributed by atoms with Crippen molar-refractivity contribution in [1.29, 1.82) is 0 Å². The van der Waals surface area contributed by atoms with Crippen LogP contribution in [0.3, 0.4) is 0 Å². The molecular weight excluding hydrogens is 290 g/mol. The summed E-state index contributed by atoms with van der Waals surface area (Å²) in [5.74, 6) is 1.64. The van der Waals surface area contributed by atoms with Crippen molar-refractivity contribution in [2.24, 2.45) is 0 Å². The molecule has 5 heteroatoms. The maximum Gasteiger partial charge on any atom is 0.226 e. The highest BCUT2D eigenvalue weighted by atomic mass is 16.5. The van der Waals surface area contributed by atoms with Crippen LogP contribution >= 0.6 is 0 Å². The van der Waals surface area contributed by atoms with E-state index in [4.69, 9.17) is 4.74 Å². The Balaban J connectivity index is 2.07. The molecule has 2 heterocycles. The predicted molar refractivity (Wildman–Crippen MR) is 89.9 cm³/mol. The molecule has 0 saturated carbocycles. The molecule has 1 aromatic carbocycles. The van der Waals surface area contributed by atoms with Crippen LogP contribution in [0.5, 0.6) is 5.75 Å². The maximum atomic E-state index is 12.2. The monoisotopic (exact) mass is 313 g/mol. The molecule has 0 unspecified atom stereocenters. The molecule has 0 bridgehead atoms. The number of aromatic nitrogens is 2. The summed E-state index contributed by atoms with van der Waals surface area (Å²) in [6.45, 7) is 8.12. The van der Waals surface area contributed by atoms with Crippen LogP contribution in [-0.2, 0) is 4.79 Å². The van der Waals surface area contributed by atoms with Crippen LogP contribution in [0.4, 0.5) is 5.82 Å². The van der Waals surface area contributed by atoms with Crippen molar-refractivity contribution >= 4 is 11.7 Å². The largest absolute Gasteiger partial charge is 0.491 e. The van der Waals surface area contributed by atoms with Crippen molar-refractivity contribution in [2.45, 2.75) is 52.2 Å². The number of benzene rings is 1. The second kappa shape index (κ2) is 6.07. The van der Waals surface area contributed by atoms with Crippen LogP contribution in [0.15, 0.2) is 30.5 Å². The molecule has 0 radical (unpaired) electrons. The van der Waals surface area contributed by atoms with E-state index in [1.165, 1.54) is 0 Å². The zero-order valence-electron chi connectivity index (χ0n) is 14.0. The van der Waals surface area contributed by atoms with E-state index in [0.717, 1.165) is 22.7 Å². The number of hydrogen-bond donors (Lipinski definition) is 1. The van der Waals surface area contributed by atoms with Gasteiger partial charge in [0.05, 0.1) is 12.3 Å². The van der Waals surface area contributed by atoms with E-state index in [1.807, 2.05) is 49.0 Å². The molecule has 3 rings (SSSR count). The van der Waals surface area contributed by atoms with Crippen molar-refractivity contribution in [3.05, 3.63) is 41.6 Å². The second-order valence-electron chi connectivity index (χ2n) is 6.50. The number of ether oxygens (including phenoxy) is 1. The topological polar surface area (TPSA) is 56.1 Å². The van der Waals surface area contributed by atoms with Crippen LogP contribution < -0.4 is 10.1 Å². The molecule has 0 aliphatic carbocycles. The Morgan fingerprint density at radius 1 is 1.22 bits per heavy atom. The summed E-state index contributed by atoms with van der Waals surface area (Å²) in [5.41, 5.74) is 2.10. The van der Waals surface area contributed by atoms with Gasteiger partial charge in [-0.25, -0.2) is 4.68 Å². The van der Waals surface area contributed by atoms with Crippen molar-refractivity contribution in [3.8, 4) is 5.75 Å². The molecule has 0 fully saturated rings. The van der Waals surface area contributed by atoms with Gasteiger partial charge in [0.15, 0.2) is 0 Å². The quantitative estimate of drug-likeness (QED) is 0.936. The number of carbonyl (C=O) groups is 1. The Morgan fingerprint density at radius 2 is 1.96 bits per heavy atom. The average molecular weight is 313 g/mol. The summed E-state index contributed by atoms with van der Waals surface area (Å²) in [5, 5.41) is 7.43. The van der Waals surface area contributed by atoms with Gasteiger partial charge < -0.3 is 10.1 Å². The lowest BCUT2D eigenvalue weighted by Gasteiger charge is -2.26. The minimum atomic E-state index is -0.0267. The summed E-state index contributed by atoms with van der Waals surface area (Å²) in [6.07, 6.45) is 2.37. The Hall–Kier alpha value is -2.30. The number of rotatable bonds is 4. The third-order valence-electron chi connectivity index (χ3n) is 3.99. The van der Waals surface area contributed by atoms with Gasteiger partial charge in [-0.3, -0.25) is 4.79 Å². The Labute approximate surface area is 136 Å². The molecule has 0 spiro atoms. The van der Waals surface area contributed by atoms with Gasteiger partial charge in [-0.2, -0.15) is 5.10 Å². The molecule has 1 aliphatic heterocycles. The molecule has 1 aliphatic rings. The van der Waals surface area contributed by atoms with Gasteiger partial charge >= 0.3 is 0 Å². The molecule has 23 heavy (non-hydrogen) atoms. The normalized spacial score (nSPS) is 17.3. The maximum absolute atomic E-state index is 12.2.